The second kappa shape index (κ2) is 15.2. The third-order valence-electron chi connectivity index (χ3n) is 5.59. The molecule has 2 N–H and O–H groups in total. The van der Waals surface area contributed by atoms with Crippen molar-refractivity contribution in [3.63, 3.8) is 0 Å². The van der Waals surface area contributed by atoms with Crippen molar-refractivity contribution in [2.45, 2.75) is 32.1 Å². The Morgan fingerprint density at radius 2 is 1.88 bits per heavy atom. The number of esters is 2. The zero-order valence-electron chi connectivity index (χ0n) is 19.9. The first kappa shape index (κ1) is 27.3. The molecule has 6 heteroatoms. The van der Waals surface area contributed by atoms with E-state index >= 15 is 0 Å². The van der Waals surface area contributed by atoms with Crippen LogP contribution in [0.4, 0.5) is 0 Å². The van der Waals surface area contributed by atoms with Gasteiger partial charge in [-0.2, -0.15) is 0 Å². The molecule has 0 amide bonds. The fourth-order valence-corrected chi connectivity index (χ4v) is 3.49. The Morgan fingerprint density at radius 1 is 1.22 bits per heavy atom. The van der Waals surface area contributed by atoms with Crippen LogP contribution in [0, 0.1) is 5.92 Å². The number of nitrogens with one attached hydrogen (secondary N) is 2. The Balaban J connectivity index is 0.000000320. The van der Waals surface area contributed by atoms with Crippen molar-refractivity contribution in [3.05, 3.63) is 71.8 Å². The first-order valence-electron chi connectivity index (χ1n) is 11.0. The van der Waals surface area contributed by atoms with Crippen LogP contribution < -0.4 is 10.6 Å². The second-order valence-electron chi connectivity index (χ2n) is 7.77. The molecule has 1 fully saturated rings. The van der Waals surface area contributed by atoms with Crippen LogP contribution in [0.5, 0.6) is 0 Å². The van der Waals surface area contributed by atoms with Crippen molar-refractivity contribution in [1.29, 1.82) is 0 Å². The predicted molar refractivity (Wildman–Crippen MR) is 130 cm³/mol. The smallest absolute Gasteiger partial charge is 0.338 e. The SMILES string of the molecule is C=C/C(=C\C(=C)C(C)CCNC)C(=O)OC.COC(=O)c1ccccc1C1CCNCC1. The number of ether oxygens (including phenoxy) is 2. The van der Waals surface area contributed by atoms with Crippen molar-refractivity contribution in [2.24, 2.45) is 5.92 Å². The third kappa shape index (κ3) is 8.81. The largest absolute Gasteiger partial charge is 0.465 e. The van der Waals surface area contributed by atoms with E-state index in [1.54, 1.807) is 6.08 Å². The van der Waals surface area contributed by atoms with Gasteiger partial charge in [-0.25, -0.2) is 9.59 Å². The average Bonchev–Trinajstić information content (AvgIpc) is 2.85. The van der Waals surface area contributed by atoms with Gasteiger partial charge in [0.2, 0.25) is 0 Å². The molecule has 1 aliphatic heterocycles. The molecule has 0 aliphatic carbocycles. The zero-order chi connectivity index (χ0) is 23.9. The summed E-state index contributed by atoms with van der Waals surface area (Å²) in [4.78, 5) is 22.9. The van der Waals surface area contributed by atoms with Gasteiger partial charge in [-0.1, -0.05) is 49.9 Å². The van der Waals surface area contributed by atoms with Gasteiger partial charge in [0.25, 0.3) is 0 Å². The van der Waals surface area contributed by atoms with Gasteiger partial charge in [0, 0.05) is 0 Å². The van der Waals surface area contributed by atoms with Crippen molar-refractivity contribution < 1.29 is 19.1 Å². The Kier molecular flexibility index (Phi) is 12.9. The van der Waals surface area contributed by atoms with Crippen LogP contribution in [-0.4, -0.2) is 52.8 Å². The molecule has 1 aliphatic rings. The predicted octanol–water partition coefficient (Wildman–Crippen LogP) is 4.01. The van der Waals surface area contributed by atoms with E-state index in [1.165, 1.54) is 20.3 Å². The van der Waals surface area contributed by atoms with Gasteiger partial charge < -0.3 is 20.1 Å². The minimum absolute atomic E-state index is 0.228. The lowest BCUT2D eigenvalue weighted by Crippen LogP contribution is -2.27. The standard InChI is InChI=1S/C13H17NO2.C13H21NO2/c1-16-13(15)12-5-3-2-4-11(12)10-6-8-14-9-7-10;1-6-12(13(15)16-5)9-11(3)10(2)7-8-14-4/h2-5,10,14H,6-9H2,1H3;6,9-10,14H,1,3,7-8H2,2,4-5H3/b;12-9+. The summed E-state index contributed by atoms with van der Waals surface area (Å²) in [7, 11) is 4.70. The lowest BCUT2D eigenvalue weighted by atomic mass is 9.87. The monoisotopic (exact) mass is 442 g/mol. The molecule has 1 atom stereocenters. The maximum absolute atomic E-state index is 11.6. The highest BCUT2D eigenvalue weighted by atomic mass is 16.5. The topological polar surface area (TPSA) is 76.7 Å². The van der Waals surface area contributed by atoms with E-state index in [0.717, 1.165) is 55.6 Å². The molecule has 0 spiro atoms. The molecule has 32 heavy (non-hydrogen) atoms. The van der Waals surface area contributed by atoms with E-state index in [9.17, 15) is 9.59 Å². The number of benzene rings is 1. The molecule has 2 rings (SSSR count). The first-order valence-corrected chi connectivity index (χ1v) is 11.0. The number of rotatable bonds is 9. The molecular weight excluding hydrogens is 404 g/mol. The molecular formula is C26H38N2O4. The first-order chi connectivity index (χ1) is 15.4. The van der Waals surface area contributed by atoms with Gasteiger partial charge in [-0.3, -0.25) is 0 Å². The minimum Gasteiger partial charge on any atom is -0.465 e. The molecule has 6 nitrogen and oxygen atoms in total. The number of hydrogen-bond donors (Lipinski definition) is 2. The second-order valence-corrected chi connectivity index (χ2v) is 7.77. The van der Waals surface area contributed by atoms with Gasteiger partial charge >= 0.3 is 11.9 Å². The van der Waals surface area contributed by atoms with Crippen LogP contribution in [0.2, 0.25) is 0 Å². The Hall–Kier alpha value is -2.70. The Morgan fingerprint density at radius 3 is 2.44 bits per heavy atom. The molecule has 176 valence electrons. The van der Waals surface area contributed by atoms with Crippen LogP contribution in [0.3, 0.4) is 0 Å². The highest BCUT2D eigenvalue weighted by Crippen LogP contribution is 2.28. The van der Waals surface area contributed by atoms with Crippen molar-refractivity contribution >= 4 is 11.9 Å². The van der Waals surface area contributed by atoms with E-state index in [1.807, 2.05) is 31.3 Å². The summed E-state index contributed by atoms with van der Waals surface area (Å²) in [5.41, 5.74) is 3.21. The van der Waals surface area contributed by atoms with Gasteiger partial charge in [0.1, 0.15) is 0 Å². The molecule has 1 unspecified atom stereocenters. The summed E-state index contributed by atoms with van der Waals surface area (Å²) in [6.07, 6.45) is 6.39. The summed E-state index contributed by atoms with van der Waals surface area (Å²) in [6.45, 7) is 12.6. The summed E-state index contributed by atoms with van der Waals surface area (Å²) in [5.74, 6) is 0.203. The fourth-order valence-electron chi connectivity index (χ4n) is 3.49. The van der Waals surface area contributed by atoms with Crippen LogP contribution >= 0.6 is 0 Å². The molecule has 0 bridgehead atoms. The maximum atomic E-state index is 11.6. The maximum Gasteiger partial charge on any atom is 0.338 e. The van der Waals surface area contributed by atoms with Crippen LogP contribution in [0.15, 0.2) is 60.7 Å². The van der Waals surface area contributed by atoms with E-state index in [-0.39, 0.29) is 11.9 Å². The lowest BCUT2D eigenvalue weighted by molar-refractivity contribution is -0.135. The summed E-state index contributed by atoms with van der Waals surface area (Å²) in [6, 6.07) is 7.77. The molecule has 1 heterocycles. The van der Waals surface area contributed by atoms with Crippen molar-refractivity contribution in [1.82, 2.24) is 10.6 Å². The molecule has 0 radical (unpaired) electrons. The number of carbonyl (C=O) groups excluding carboxylic acids is 2. The summed E-state index contributed by atoms with van der Waals surface area (Å²) < 4.78 is 9.45. The zero-order valence-corrected chi connectivity index (χ0v) is 19.9. The fraction of sp³-hybridized carbons (Fsp3) is 0.462. The lowest BCUT2D eigenvalue weighted by Gasteiger charge is -2.24. The van der Waals surface area contributed by atoms with Crippen LogP contribution in [0.25, 0.3) is 0 Å². The Bertz CT molecular complexity index is 795. The Labute approximate surface area is 192 Å². The molecule has 0 aromatic heterocycles. The summed E-state index contributed by atoms with van der Waals surface area (Å²) >= 11 is 0. The van der Waals surface area contributed by atoms with Crippen LogP contribution in [0.1, 0.15) is 48.0 Å². The highest BCUT2D eigenvalue weighted by Gasteiger charge is 2.21. The van der Waals surface area contributed by atoms with Gasteiger partial charge in [0.05, 0.1) is 25.4 Å². The third-order valence-corrected chi connectivity index (χ3v) is 5.59. The highest BCUT2D eigenvalue weighted by molar-refractivity contribution is 5.92. The number of allylic oxidation sites excluding steroid dienone is 2. The average molecular weight is 443 g/mol. The van der Waals surface area contributed by atoms with Gasteiger partial charge in [-0.15, -0.1) is 0 Å². The normalized spacial score (nSPS) is 15.1. The van der Waals surface area contributed by atoms with E-state index in [2.05, 4.69) is 35.5 Å². The summed E-state index contributed by atoms with van der Waals surface area (Å²) in [5, 5.41) is 6.41. The van der Waals surface area contributed by atoms with Gasteiger partial charge in [0.15, 0.2) is 0 Å². The van der Waals surface area contributed by atoms with Crippen molar-refractivity contribution in [3.8, 4) is 0 Å². The van der Waals surface area contributed by atoms with E-state index < -0.39 is 0 Å². The molecule has 1 aromatic carbocycles. The number of piperidine rings is 1. The number of methoxy groups -OCH3 is 2. The molecule has 1 aromatic rings. The number of hydrogen-bond acceptors (Lipinski definition) is 6. The number of carbonyl (C=O) groups is 2. The van der Waals surface area contributed by atoms with Crippen LogP contribution in [-0.2, 0) is 14.3 Å². The van der Waals surface area contributed by atoms with Crippen molar-refractivity contribution in [2.75, 3.05) is 40.9 Å². The molecule has 1 saturated heterocycles. The molecule has 0 saturated carbocycles. The van der Waals surface area contributed by atoms with Gasteiger partial charge in [-0.05, 0) is 75.5 Å². The van der Waals surface area contributed by atoms with E-state index in [4.69, 9.17) is 4.74 Å². The minimum atomic E-state index is -0.378. The quantitative estimate of drug-likeness (QED) is 0.342. The van der Waals surface area contributed by atoms with E-state index in [0.29, 0.717) is 17.4 Å².